The van der Waals surface area contributed by atoms with Crippen LogP contribution in [-0.4, -0.2) is 39.9 Å². The zero-order valence-electron chi connectivity index (χ0n) is 16.5. The molecule has 1 aliphatic heterocycles. The van der Waals surface area contributed by atoms with Crippen LogP contribution in [0.4, 0.5) is 0 Å². The van der Waals surface area contributed by atoms with Gasteiger partial charge in [0.15, 0.2) is 0 Å². The van der Waals surface area contributed by atoms with Crippen LogP contribution in [0.1, 0.15) is 69.8 Å². The van der Waals surface area contributed by atoms with Crippen LogP contribution in [0.25, 0.3) is 0 Å². The highest BCUT2D eigenvalue weighted by Crippen LogP contribution is 2.44. The van der Waals surface area contributed by atoms with Crippen LogP contribution < -0.4 is 5.32 Å². The van der Waals surface area contributed by atoms with Crippen molar-refractivity contribution >= 4 is 17.7 Å². The zero-order chi connectivity index (χ0) is 18.5. The number of nitrogens with zero attached hydrogens (tertiary/aromatic N) is 1. The molecule has 2 saturated carbocycles. The van der Waals surface area contributed by atoms with Crippen LogP contribution >= 0.6 is 11.8 Å². The molecule has 27 heavy (non-hydrogen) atoms. The van der Waals surface area contributed by atoms with Crippen molar-refractivity contribution in [3.05, 3.63) is 35.9 Å². The van der Waals surface area contributed by atoms with E-state index < -0.39 is 0 Å². The maximum absolute atomic E-state index is 13.8. The van der Waals surface area contributed by atoms with E-state index in [1.54, 1.807) is 0 Å². The summed E-state index contributed by atoms with van der Waals surface area (Å²) in [5.74, 6) is 1.53. The Kier molecular flexibility index (Phi) is 6.44. The van der Waals surface area contributed by atoms with Crippen LogP contribution in [0.5, 0.6) is 0 Å². The lowest BCUT2D eigenvalue weighted by Gasteiger charge is -2.49. The molecule has 1 heterocycles. The number of amides is 1. The first-order valence-corrected chi connectivity index (χ1v) is 12.1. The number of carbonyl (C=O) groups excluding carboxylic acids is 1. The van der Waals surface area contributed by atoms with Gasteiger partial charge in [0.25, 0.3) is 0 Å². The second-order valence-corrected chi connectivity index (χ2v) is 9.91. The van der Waals surface area contributed by atoms with Gasteiger partial charge in [-0.2, -0.15) is 11.8 Å². The molecule has 1 amide bonds. The van der Waals surface area contributed by atoms with E-state index in [4.69, 9.17) is 0 Å². The third-order valence-corrected chi connectivity index (χ3v) is 8.36. The molecule has 3 nitrogen and oxygen atoms in total. The van der Waals surface area contributed by atoms with Crippen molar-refractivity contribution in [1.29, 1.82) is 0 Å². The van der Waals surface area contributed by atoms with Crippen molar-refractivity contribution in [2.24, 2.45) is 0 Å². The van der Waals surface area contributed by atoms with Gasteiger partial charge in [-0.25, -0.2) is 0 Å². The highest BCUT2D eigenvalue weighted by atomic mass is 32.2. The molecule has 0 bridgehead atoms. The minimum Gasteiger partial charge on any atom is -0.352 e. The molecule has 1 saturated heterocycles. The summed E-state index contributed by atoms with van der Waals surface area (Å²) in [6.45, 7) is 1.94. The fourth-order valence-corrected chi connectivity index (χ4v) is 6.94. The lowest BCUT2D eigenvalue weighted by Crippen LogP contribution is -2.65. The molecule has 1 aromatic carbocycles. The van der Waals surface area contributed by atoms with Gasteiger partial charge in [-0.1, -0.05) is 62.4 Å². The van der Waals surface area contributed by atoms with Gasteiger partial charge in [0.05, 0.1) is 0 Å². The zero-order valence-corrected chi connectivity index (χ0v) is 17.3. The maximum Gasteiger partial charge on any atom is 0.241 e. The Balaban J connectivity index is 1.61. The fraction of sp³-hybridized carbons (Fsp3) is 0.696. The quantitative estimate of drug-likeness (QED) is 0.810. The average Bonchev–Trinajstić information content (AvgIpc) is 2.90. The maximum atomic E-state index is 13.8. The Labute approximate surface area is 168 Å². The van der Waals surface area contributed by atoms with Gasteiger partial charge >= 0.3 is 0 Å². The molecule has 3 aliphatic rings. The molecule has 0 aromatic heterocycles. The number of hydrogen-bond acceptors (Lipinski definition) is 3. The molecule has 4 rings (SSSR count). The van der Waals surface area contributed by atoms with Crippen LogP contribution in [0.3, 0.4) is 0 Å². The molecule has 2 atom stereocenters. The van der Waals surface area contributed by atoms with E-state index in [0.29, 0.717) is 17.2 Å². The lowest BCUT2D eigenvalue weighted by molar-refractivity contribution is -0.137. The van der Waals surface area contributed by atoms with Crippen molar-refractivity contribution in [2.45, 2.75) is 87.6 Å². The van der Waals surface area contributed by atoms with E-state index >= 15 is 0 Å². The minimum absolute atomic E-state index is 0.313. The Morgan fingerprint density at radius 1 is 1.04 bits per heavy atom. The summed E-state index contributed by atoms with van der Waals surface area (Å²) in [6, 6.07) is 11.1. The number of carbonyl (C=O) groups is 1. The van der Waals surface area contributed by atoms with Gasteiger partial charge in [0, 0.05) is 24.4 Å². The Morgan fingerprint density at radius 3 is 2.63 bits per heavy atom. The largest absolute Gasteiger partial charge is 0.352 e. The van der Waals surface area contributed by atoms with Crippen molar-refractivity contribution < 1.29 is 4.79 Å². The number of thioether (sulfide) groups is 1. The van der Waals surface area contributed by atoms with E-state index in [9.17, 15) is 4.79 Å². The number of nitrogens with one attached hydrogen (secondary N) is 1. The first-order chi connectivity index (χ1) is 13.3. The van der Waals surface area contributed by atoms with Gasteiger partial charge in [-0.15, -0.1) is 0 Å². The van der Waals surface area contributed by atoms with Gasteiger partial charge in [-0.05, 0) is 43.4 Å². The summed E-state index contributed by atoms with van der Waals surface area (Å²) in [5.41, 5.74) is 1.02. The summed E-state index contributed by atoms with van der Waals surface area (Å²) in [5, 5.41) is 3.97. The minimum atomic E-state index is -0.313. The van der Waals surface area contributed by atoms with E-state index in [0.717, 1.165) is 32.4 Å². The summed E-state index contributed by atoms with van der Waals surface area (Å²) in [7, 11) is 0. The Bertz CT molecular complexity index is 616. The fourth-order valence-electron chi connectivity index (χ4n) is 5.37. The van der Waals surface area contributed by atoms with E-state index in [1.165, 1.54) is 56.3 Å². The number of rotatable bonds is 4. The number of hydrogen-bond donors (Lipinski definition) is 1. The summed E-state index contributed by atoms with van der Waals surface area (Å²) < 4.78 is 0. The molecule has 2 aliphatic carbocycles. The normalized spacial score (nSPS) is 30.3. The molecule has 3 fully saturated rings. The second-order valence-electron chi connectivity index (χ2n) is 8.60. The second kappa shape index (κ2) is 9.00. The number of benzene rings is 1. The van der Waals surface area contributed by atoms with Gasteiger partial charge in [0.1, 0.15) is 5.54 Å². The van der Waals surface area contributed by atoms with Gasteiger partial charge < -0.3 is 5.32 Å². The predicted octanol–water partition coefficient (Wildman–Crippen LogP) is 4.76. The Hall–Kier alpha value is -1.00. The highest BCUT2D eigenvalue weighted by molar-refractivity contribution is 8.00. The van der Waals surface area contributed by atoms with Gasteiger partial charge in [-0.3, -0.25) is 9.69 Å². The molecule has 0 radical (unpaired) electrons. The molecule has 1 N–H and O–H groups in total. The smallest absolute Gasteiger partial charge is 0.241 e. The van der Waals surface area contributed by atoms with Crippen LogP contribution in [0.2, 0.25) is 0 Å². The molecule has 1 aromatic rings. The van der Waals surface area contributed by atoms with Gasteiger partial charge in [0.2, 0.25) is 5.91 Å². The standard InChI is InChI=1S/C23H34N2OS/c26-22(24-20-12-5-2-6-13-20)23-15-8-7-14-21(23)27-17-9-16-25(23)18-19-10-3-1-4-11-19/h1,3-4,10-11,20-21H,2,5-9,12-18H2,(H,24,26)/t21-,23-/m1/s1. The molecular formula is C23H34N2OS. The number of fused-ring (bicyclic) bond motifs is 1. The van der Waals surface area contributed by atoms with E-state index in [2.05, 4.69) is 52.3 Å². The SMILES string of the molecule is O=C(NC1CCCCC1)[C@@]12CCCC[C@H]1SCCCN2Cc1ccccc1. The molecule has 0 spiro atoms. The van der Waals surface area contributed by atoms with Crippen LogP contribution in [0, 0.1) is 0 Å². The third-order valence-electron chi connectivity index (χ3n) is 6.81. The summed E-state index contributed by atoms with van der Waals surface area (Å²) >= 11 is 2.07. The lowest BCUT2D eigenvalue weighted by atomic mass is 9.78. The highest BCUT2D eigenvalue weighted by Gasteiger charge is 2.52. The summed E-state index contributed by atoms with van der Waals surface area (Å²) in [4.78, 5) is 16.4. The van der Waals surface area contributed by atoms with Crippen molar-refractivity contribution in [1.82, 2.24) is 10.2 Å². The van der Waals surface area contributed by atoms with Crippen molar-refractivity contribution in [3.8, 4) is 0 Å². The summed E-state index contributed by atoms with van der Waals surface area (Å²) in [6.07, 6.45) is 12.0. The Morgan fingerprint density at radius 2 is 1.81 bits per heavy atom. The van der Waals surface area contributed by atoms with Crippen molar-refractivity contribution in [3.63, 3.8) is 0 Å². The van der Waals surface area contributed by atoms with E-state index in [-0.39, 0.29) is 5.54 Å². The molecule has 0 unspecified atom stereocenters. The van der Waals surface area contributed by atoms with Crippen molar-refractivity contribution in [2.75, 3.05) is 12.3 Å². The first kappa shape index (κ1) is 19.3. The van der Waals surface area contributed by atoms with Crippen LogP contribution in [-0.2, 0) is 11.3 Å². The first-order valence-electron chi connectivity index (χ1n) is 11.0. The van der Waals surface area contributed by atoms with E-state index in [1.807, 2.05) is 0 Å². The molecule has 4 heteroatoms. The molecule has 148 valence electrons. The topological polar surface area (TPSA) is 32.3 Å². The van der Waals surface area contributed by atoms with Crippen LogP contribution in [0.15, 0.2) is 30.3 Å². The molecular weight excluding hydrogens is 352 g/mol. The third kappa shape index (κ3) is 4.22. The predicted molar refractivity (Wildman–Crippen MR) is 114 cm³/mol. The average molecular weight is 387 g/mol. The monoisotopic (exact) mass is 386 g/mol.